The van der Waals surface area contributed by atoms with Crippen LogP contribution in [0.15, 0.2) is 9.98 Å². The van der Waals surface area contributed by atoms with Crippen molar-refractivity contribution in [3.63, 3.8) is 0 Å². The molecule has 0 aliphatic heterocycles. The number of nitrogens with zero attached hydrogens (tertiary/aromatic N) is 3. The normalized spacial score (nSPS) is 10.3. The lowest BCUT2D eigenvalue weighted by atomic mass is 10.1. The number of rotatable bonds is 10. The summed E-state index contributed by atoms with van der Waals surface area (Å²) < 4.78 is 9.35. The van der Waals surface area contributed by atoms with Gasteiger partial charge >= 0.3 is 5.97 Å². The Labute approximate surface area is 109 Å². The van der Waals surface area contributed by atoms with Crippen LogP contribution in [0.2, 0.25) is 0 Å². The SMILES string of the molecule is N#CO[C@@H](CCCCN=C=O)C(=O)OCCN=C=O. The van der Waals surface area contributed by atoms with E-state index in [1.54, 1.807) is 0 Å². The highest BCUT2D eigenvalue weighted by Crippen LogP contribution is 2.07. The maximum atomic E-state index is 11.5. The first kappa shape index (κ1) is 16.5. The van der Waals surface area contributed by atoms with Gasteiger partial charge in [0.25, 0.3) is 6.26 Å². The summed E-state index contributed by atoms with van der Waals surface area (Å²) in [5, 5.41) is 8.42. The van der Waals surface area contributed by atoms with Crippen LogP contribution in [-0.4, -0.2) is 43.9 Å². The molecule has 0 aromatic rings. The number of carbonyl (C=O) groups excluding carboxylic acids is 3. The second kappa shape index (κ2) is 12.0. The zero-order chi connectivity index (χ0) is 14.3. The summed E-state index contributed by atoms with van der Waals surface area (Å²) in [6.45, 7) is 0.253. The summed E-state index contributed by atoms with van der Waals surface area (Å²) in [5.74, 6) is -0.693. The molecule has 0 aromatic heterocycles. The van der Waals surface area contributed by atoms with Crippen LogP contribution in [0.3, 0.4) is 0 Å². The van der Waals surface area contributed by atoms with Crippen molar-refractivity contribution in [2.24, 2.45) is 9.98 Å². The zero-order valence-corrected chi connectivity index (χ0v) is 10.2. The fourth-order valence-corrected chi connectivity index (χ4v) is 1.19. The molecule has 0 unspecified atom stereocenters. The number of nitriles is 1. The first-order chi connectivity index (χ1) is 9.26. The van der Waals surface area contributed by atoms with Crippen molar-refractivity contribution < 1.29 is 23.9 Å². The molecule has 0 fully saturated rings. The Hall–Kier alpha value is -2.48. The number of carbonyl (C=O) groups is 1. The molecule has 0 rings (SSSR count). The van der Waals surface area contributed by atoms with E-state index in [4.69, 9.17) is 10.00 Å². The summed E-state index contributed by atoms with van der Waals surface area (Å²) in [6.07, 6.45) is 4.53. The highest BCUT2D eigenvalue weighted by atomic mass is 16.6. The van der Waals surface area contributed by atoms with E-state index in [2.05, 4.69) is 14.7 Å². The minimum Gasteiger partial charge on any atom is -0.461 e. The van der Waals surface area contributed by atoms with Crippen LogP contribution in [-0.2, 0) is 23.9 Å². The summed E-state index contributed by atoms with van der Waals surface area (Å²) in [6, 6.07) is 0. The molecular weight excluding hydrogens is 254 g/mol. The van der Waals surface area contributed by atoms with Gasteiger partial charge in [-0.1, -0.05) is 0 Å². The molecule has 0 radical (unpaired) electrons. The van der Waals surface area contributed by atoms with Crippen molar-refractivity contribution in [1.82, 2.24) is 0 Å². The Kier molecular flexibility index (Phi) is 10.4. The molecular formula is C11H13N3O5. The van der Waals surface area contributed by atoms with Crippen LogP contribution in [0, 0.1) is 11.5 Å². The molecule has 102 valence electrons. The van der Waals surface area contributed by atoms with Crippen molar-refractivity contribution in [1.29, 1.82) is 5.26 Å². The third kappa shape index (κ3) is 9.24. The van der Waals surface area contributed by atoms with Crippen LogP contribution >= 0.6 is 0 Å². The Bertz CT molecular complexity index is 405. The number of hydrogen-bond donors (Lipinski definition) is 0. The van der Waals surface area contributed by atoms with E-state index in [0.717, 1.165) is 0 Å². The minimum atomic E-state index is -0.995. The molecule has 19 heavy (non-hydrogen) atoms. The number of esters is 1. The number of hydrogen-bond acceptors (Lipinski definition) is 8. The number of ether oxygens (including phenoxy) is 2. The second-order valence-corrected chi connectivity index (χ2v) is 3.31. The number of isocyanates is 2. The first-order valence-corrected chi connectivity index (χ1v) is 5.55. The average molecular weight is 267 g/mol. The topological polar surface area (TPSA) is 118 Å². The molecule has 0 bridgehead atoms. The summed E-state index contributed by atoms with van der Waals surface area (Å²) >= 11 is 0. The molecule has 0 N–H and O–H groups in total. The van der Waals surface area contributed by atoms with Gasteiger partial charge in [-0.2, -0.15) is 5.26 Å². The lowest BCUT2D eigenvalue weighted by Gasteiger charge is -2.12. The largest absolute Gasteiger partial charge is 0.461 e. The van der Waals surface area contributed by atoms with E-state index in [1.165, 1.54) is 18.4 Å². The smallest absolute Gasteiger partial charge is 0.348 e. The van der Waals surface area contributed by atoms with Crippen molar-refractivity contribution in [3.8, 4) is 6.26 Å². The van der Waals surface area contributed by atoms with Crippen LogP contribution in [0.4, 0.5) is 0 Å². The highest BCUT2D eigenvalue weighted by Gasteiger charge is 2.21. The van der Waals surface area contributed by atoms with Crippen molar-refractivity contribution in [2.75, 3.05) is 19.7 Å². The van der Waals surface area contributed by atoms with Crippen LogP contribution in [0.25, 0.3) is 0 Å². The summed E-state index contributed by atoms with van der Waals surface area (Å²) in [7, 11) is 0. The predicted molar refractivity (Wildman–Crippen MR) is 61.3 cm³/mol. The Morgan fingerprint density at radius 2 is 1.84 bits per heavy atom. The monoisotopic (exact) mass is 267 g/mol. The fourth-order valence-electron chi connectivity index (χ4n) is 1.19. The molecule has 0 saturated heterocycles. The minimum absolute atomic E-state index is 0.0164. The van der Waals surface area contributed by atoms with Crippen molar-refractivity contribution >= 4 is 18.1 Å². The van der Waals surface area contributed by atoms with Gasteiger partial charge in [0.15, 0.2) is 0 Å². The molecule has 0 heterocycles. The van der Waals surface area contributed by atoms with Crippen LogP contribution in [0.1, 0.15) is 19.3 Å². The van der Waals surface area contributed by atoms with Crippen molar-refractivity contribution in [3.05, 3.63) is 0 Å². The zero-order valence-electron chi connectivity index (χ0n) is 10.2. The van der Waals surface area contributed by atoms with E-state index >= 15 is 0 Å². The molecule has 0 spiro atoms. The quantitative estimate of drug-likeness (QED) is 0.184. The fraction of sp³-hybridized carbons (Fsp3) is 0.636. The van der Waals surface area contributed by atoms with E-state index in [0.29, 0.717) is 19.4 Å². The highest BCUT2D eigenvalue weighted by molar-refractivity contribution is 5.74. The van der Waals surface area contributed by atoms with Gasteiger partial charge in [0.05, 0.1) is 13.1 Å². The Balaban J connectivity index is 4.00. The maximum Gasteiger partial charge on any atom is 0.348 e. The second-order valence-electron chi connectivity index (χ2n) is 3.31. The third-order valence-corrected chi connectivity index (χ3v) is 2.02. The van der Waals surface area contributed by atoms with Gasteiger partial charge in [-0.15, -0.1) is 0 Å². The maximum absolute atomic E-state index is 11.5. The van der Waals surface area contributed by atoms with E-state index in [1.807, 2.05) is 0 Å². The van der Waals surface area contributed by atoms with Gasteiger partial charge < -0.3 is 9.47 Å². The molecule has 1 atom stereocenters. The molecule has 0 aromatic carbocycles. The summed E-state index contributed by atoms with van der Waals surface area (Å²) in [4.78, 5) is 37.6. The standard InChI is InChI=1S/C11H13N3O5/c12-7-19-10(3-1-2-4-13-8-15)11(17)18-6-5-14-9-16/h10H,1-6H2/t10-/m0/s1. The van der Waals surface area contributed by atoms with Gasteiger partial charge in [0, 0.05) is 0 Å². The molecule has 8 nitrogen and oxygen atoms in total. The van der Waals surface area contributed by atoms with Crippen molar-refractivity contribution in [2.45, 2.75) is 25.4 Å². The van der Waals surface area contributed by atoms with E-state index in [9.17, 15) is 14.4 Å². The number of unbranched alkanes of at least 4 members (excludes halogenated alkanes) is 1. The van der Waals surface area contributed by atoms with Crippen LogP contribution in [0.5, 0.6) is 0 Å². The first-order valence-electron chi connectivity index (χ1n) is 5.55. The van der Waals surface area contributed by atoms with E-state index in [-0.39, 0.29) is 19.6 Å². The lowest BCUT2D eigenvalue weighted by Crippen LogP contribution is -2.26. The van der Waals surface area contributed by atoms with Gasteiger partial charge in [0.1, 0.15) is 6.61 Å². The van der Waals surface area contributed by atoms with E-state index < -0.39 is 12.1 Å². The molecule has 0 aliphatic rings. The molecule has 0 amide bonds. The van der Waals surface area contributed by atoms with Gasteiger partial charge in [-0.3, -0.25) is 0 Å². The molecule has 8 heteroatoms. The third-order valence-electron chi connectivity index (χ3n) is 2.02. The van der Waals surface area contributed by atoms with Crippen LogP contribution < -0.4 is 0 Å². The lowest BCUT2D eigenvalue weighted by molar-refractivity contribution is -0.153. The van der Waals surface area contributed by atoms with Gasteiger partial charge in [-0.05, 0) is 19.3 Å². The molecule has 0 saturated carbocycles. The Morgan fingerprint density at radius 1 is 1.16 bits per heavy atom. The summed E-state index contributed by atoms with van der Waals surface area (Å²) in [5.41, 5.74) is 0. The van der Waals surface area contributed by atoms with Gasteiger partial charge in [0.2, 0.25) is 18.3 Å². The predicted octanol–water partition coefficient (Wildman–Crippen LogP) is 0.238. The molecule has 0 aliphatic carbocycles. The Morgan fingerprint density at radius 3 is 2.47 bits per heavy atom. The average Bonchev–Trinajstić information content (AvgIpc) is 2.42. The number of aliphatic imine (C=N–C) groups is 2. The van der Waals surface area contributed by atoms with Gasteiger partial charge in [-0.25, -0.2) is 24.4 Å².